The molecule has 0 radical (unpaired) electrons. The lowest BCUT2D eigenvalue weighted by atomic mass is 10.0. The first-order valence-corrected chi connectivity index (χ1v) is 4.02. The molecule has 2 N–H and O–H groups in total. The molecule has 5 heteroatoms. The van der Waals surface area contributed by atoms with Crippen molar-refractivity contribution >= 4 is 0 Å². The van der Waals surface area contributed by atoms with Crippen molar-refractivity contribution < 1.29 is 5.11 Å². The molecule has 1 aliphatic rings. The van der Waals surface area contributed by atoms with Crippen LogP contribution in [-0.4, -0.2) is 39.3 Å². The van der Waals surface area contributed by atoms with Gasteiger partial charge in [0.2, 0.25) is 0 Å². The van der Waals surface area contributed by atoms with Crippen LogP contribution in [0.3, 0.4) is 0 Å². The first kappa shape index (κ1) is 7.70. The fraction of sp³-hybridized carbons (Fsp3) is 0.714. The van der Waals surface area contributed by atoms with Gasteiger partial charge in [0.05, 0.1) is 18.0 Å². The van der Waals surface area contributed by atoms with Crippen molar-refractivity contribution in [3.8, 4) is 0 Å². The van der Waals surface area contributed by atoms with Crippen LogP contribution in [-0.2, 0) is 7.05 Å². The average molecular weight is 168 g/mol. The number of aliphatic hydroxyl groups is 1. The van der Waals surface area contributed by atoms with Crippen molar-refractivity contribution in [1.82, 2.24) is 20.3 Å². The van der Waals surface area contributed by atoms with Crippen LogP contribution in [0, 0.1) is 0 Å². The van der Waals surface area contributed by atoms with Crippen LogP contribution in [0.15, 0.2) is 6.20 Å². The van der Waals surface area contributed by atoms with Crippen LogP contribution >= 0.6 is 0 Å². The standard InChI is InChI=1S/C7H12N4O/c1-11-9-3-6(10-11)5-2-8-4-7(5)12/h3,5,7-8,12H,2,4H2,1H3/t5-,7+/m0/s1. The SMILES string of the molecule is Cn1ncc([C@@H]2CNC[C@H]2O)n1. The Labute approximate surface area is 70.4 Å². The summed E-state index contributed by atoms with van der Waals surface area (Å²) in [6.07, 6.45) is 1.39. The van der Waals surface area contributed by atoms with Gasteiger partial charge in [-0.25, -0.2) is 0 Å². The van der Waals surface area contributed by atoms with E-state index in [0.717, 1.165) is 12.2 Å². The van der Waals surface area contributed by atoms with Crippen molar-refractivity contribution in [2.75, 3.05) is 13.1 Å². The lowest BCUT2D eigenvalue weighted by Gasteiger charge is -2.08. The van der Waals surface area contributed by atoms with Gasteiger partial charge in [0.25, 0.3) is 0 Å². The van der Waals surface area contributed by atoms with Crippen LogP contribution in [0.4, 0.5) is 0 Å². The lowest BCUT2D eigenvalue weighted by molar-refractivity contribution is 0.176. The Balaban J connectivity index is 2.19. The van der Waals surface area contributed by atoms with E-state index >= 15 is 0 Å². The van der Waals surface area contributed by atoms with Gasteiger partial charge in [-0.05, 0) is 0 Å². The average Bonchev–Trinajstić information content (AvgIpc) is 2.58. The molecule has 0 bridgehead atoms. The van der Waals surface area contributed by atoms with Crippen molar-refractivity contribution in [2.24, 2.45) is 7.05 Å². The molecule has 5 nitrogen and oxygen atoms in total. The number of aliphatic hydroxyl groups excluding tert-OH is 1. The van der Waals surface area contributed by atoms with Gasteiger partial charge in [-0.2, -0.15) is 15.0 Å². The molecule has 66 valence electrons. The molecule has 1 saturated heterocycles. The first-order valence-electron chi connectivity index (χ1n) is 4.02. The number of nitrogens with zero attached hydrogens (tertiary/aromatic N) is 3. The number of β-amino-alcohol motifs (C(OH)–C–C–N with tert-alkyl or cyclic N) is 1. The minimum absolute atomic E-state index is 0.110. The highest BCUT2D eigenvalue weighted by molar-refractivity contribution is 5.08. The van der Waals surface area contributed by atoms with Crippen molar-refractivity contribution in [1.29, 1.82) is 0 Å². The van der Waals surface area contributed by atoms with Gasteiger partial charge < -0.3 is 10.4 Å². The summed E-state index contributed by atoms with van der Waals surface area (Å²) in [6, 6.07) is 0. The van der Waals surface area contributed by atoms with E-state index in [0.29, 0.717) is 6.54 Å². The fourth-order valence-corrected chi connectivity index (χ4v) is 1.50. The van der Waals surface area contributed by atoms with Crippen molar-refractivity contribution in [3.05, 3.63) is 11.9 Å². The fourth-order valence-electron chi connectivity index (χ4n) is 1.50. The molecule has 12 heavy (non-hydrogen) atoms. The number of hydrogen-bond acceptors (Lipinski definition) is 4. The van der Waals surface area contributed by atoms with E-state index in [9.17, 15) is 5.11 Å². The summed E-state index contributed by atoms with van der Waals surface area (Å²) in [6.45, 7) is 1.45. The molecule has 2 rings (SSSR count). The lowest BCUT2D eigenvalue weighted by Crippen LogP contribution is -2.16. The van der Waals surface area contributed by atoms with Gasteiger partial charge in [0, 0.05) is 26.1 Å². The van der Waals surface area contributed by atoms with Crippen molar-refractivity contribution in [2.45, 2.75) is 12.0 Å². The summed E-state index contributed by atoms with van der Waals surface area (Å²) < 4.78 is 0. The summed E-state index contributed by atoms with van der Waals surface area (Å²) >= 11 is 0. The minimum atomic E-state index is -0.318. The summed E-state index contributed by atoms with van der Waals surface area (Å²) in [7, 11) is 1.78. The Morgan fingerprint density at radius 2 is 2.50 bits per heavy atom. The second-order valence-corrected chi connectivity index (χ2v) is 3.09. The van der Waals surface area contributed by atoms with E-state index in [1.54, 1.807) is 13.2 Å². The maximum atomic E-state index is 9.51. The predicted molar refractivity (Wildman–Crippen MR) is 42.6 cm³/mol. The molecule has 1 aromatic heterocycles. The Morgan fingerprint density at radius 1 is 1.67 bits per heavy atom. The van der Waals surface area contributed by atoms with Crippen LogP contribution in [0.25, 0.3) is 0 Å². The predicted octanol–water partition coefficient (Wildman–Crippen LogP) is -1.14. The van der Waals surface area contributed by atoms with Crippen LogP contribution < -0.4 is 5.32 Å². The zero-order chi connectivity index (χ0) is 8.55. The number of aromatic nitrogens is 3. The molecule has 1 fully saturated rings. The number of hydrogen-bond donors (Lipinski definition) is 2. The van der Waals surface area contributed by atoms with Crippen LogP contribution in [0.2, 0.25) is 0 Å². The normalized spacial score (nSPS) is 29.5. The summed E-state index contributed by atoms with van der Waals surface area (Å²) in [5, 5.41) is 20.7. The second-order valence-electron chi connectivity index (χ2n) is 3.09. The summed E-state index contributed by atoms with van der Waals surface area (Å²) in [4.78, 5) is 1.51. The molecule has 0 unspecified atom stereocenters. The molecule has 2 atom stereocenters. The molecular weight excluding hydrogens is 156 g/mol. The topological polar surface area (TPSA) is 63.0 Å². The quantitative estimate of drug-likeness (QED) is 0.556. The number of aryl methyl sites for hydroxylation is 1. The maximum Gasteiger partial charge on any atom is 0.0897 e. The Hall–Kier alpha value is -0.940. The Bertz CT molecular complexity index is 272. The van der Waals surface area contributed by atoms with E-state index in [-0.39, 0.29) is 12.0 Å². The monoisotopic (exact) mass is 168 g/mol. The molecule has 0 saturated carbocycles. The first-order chi connectivity index (χ1) is 5.77. The highest BCUT2D eigenvalue weighted by atomic mass is 16.3. The zero-order valence-electron chi connectivity index (χ0n) is 6.94. The molecule has 0 aromatic carbocycles. The minimum Gasteiger partial charge on any atom is -0.391 e. The summed E-state index contributed by atoms with van der Waals surface area (Å²) in [5.74, 6) is 0.110. The molecule has 2 heterocycles. The highest BCUT2D eigenvalue weighted by Gasteiger charge is 2.28. The Morgan fingerprint density at radius 3 is 3.00 bits per heavy atom. The largest absolute Gasteiger partial charge is 0.391 e. The smallest absolute Gasteiger partial charge is 0.0897 e. The van der Waals surface area contributed by atoms with Crippen LogP contribution in [0.1, 0.15) is 11.6 Å². The van der Waals surface area contributed by atoms with Gasteiger partial charge in [-0.3, -0.25) is 0 Å². The van der Waals surface area contributed by atoms with E-state index in [4.69, 9.17) is 0 Å². The molecule has 0 aliphatic carbocycles. The van der Waals surface area contributed by atoms with E-state index in [1.807, 2.05) is 0 Å². The number of rotatable bonds is 1. The molecule has 1 aromatic rings. The molecule has 0 amide bonds. The van der Waals surface area contributed by atoms with Gasteiger partial charge in [-0.15, -0.1) is 0 Å². The highest BCUT2D eigenvalue weighted by Crippen LogP contribution is 2.19. The molecule has 0 spiro atoms. The second kappa shape index (κ2) is 2.84. The third-order valence-corrected chi connectivity index (χ3v) is 2.18. The molecular formula is C7H12N4O. The van der Waals surface area contributed by atoms with Gasteiger partial charge in [-0.1, -0.05) is 0 Å². The van der Waals surface area contributed by atoms with Gasteiger partial charge in [0.1, 0.15) is 0 Å². The zero-order valence-corrected chi connectivity index (χ0v) is 6.94. The van der Waals surface area contributed by atoms with Crippen molar-refractivity contribution in [3.63, 3.8) is 0 Å². The van der Waals surface area contributed by atoms with Gasteiger partial charge in [0.15, 0.2) is 0 Å². The van der Waals surface area contributed by atoms with E-state index in [1.165, 1.54) is 4.80 Å². The third kappa shape index (κ3) is 1.21. The molecule has 1 aliphatic heterocycles. The van der Waals surface area contributed by atoms with Gasteiger partial charge >= 0.3 is 0 Å². The van der Waals surface area contributed by atoms with E-state index in [2.05, 4.69) is 15.5 Å². The Kier molecular flexibility index (Phi) is 1.82. The maximum absolute atomic E-state index is 9.51. The summed E-state index contributed by atoms with van der Waals surface area (Å²) in [5.41, 5.74) is 0.870. The number of nitrogens with one attached hydrogen (secondary N) is 1. The third-order valence-electron chi connectivity index (χ3n) is 2.18. The van der Waals surface area contributed by atoms with E-state index < -0.39 is 0 Å². The van der Waals surface area contributed by atoms with Crippen LogP contribution in [0.5, 0.6) is 0 Å².